The number of halogens is 1. The summed E-state index contributed by atoms with van der Waals surface area (Å²) in [4.78, 5) is 2.01. The Bertz CT molecular complexity index is 370. The zero-order chi connectivity index (χ0) is 11.0. The van der Waals surface area contributed by atoms with Crippen LogP contribution in [0.2, 0.25) is 0 Å². The maximum atomic E-state index is 13.1. The van der Waals surface area contributed by atoms with Crippen molar-refractivity contribution in [2.45, 2.75) is 12.0 Å². The van der Waals surface area contributed by atoms with E-state index in [1.165, 1.54) is 12.1 Å². The number of nitrogens with zero attached hydrogens (tertiary/aromatic N) is 1. The fourth-order valence-electron chi connectivity index (χ4n) is 2.15. The summed E-state index contributed by atoms with van der Waals surface area (Å²) in [7, 11) is 1.93. The molecule has 3 N–H and O–H groups in total. The Morgan fingerprint density at radius 2 is 2.40 bits per heavy atom. The predicted octanol–water partition coefficient (Wildman–Crippen LogP) is 0.679. The van der Waals surface area contributed by atoms with Gasteiger partial charge in [-0.25, -0.2) is 4.39 Å². The first-order valence-electron chi connectivity index (χ1n) is 5.02. The highest BCUT2D eigenvalue weighted by molar-refractivity contribution is 5.60. The van der Waals surface area contributed by atoms with Gasteiger partial charge in [0.15, 0.2) is 0 Å². The summed E-state index contributed by atoms with van der Waals surface area (Å²) in [6.07, 6.45) is -0.601. The molecule has 0 aromatic heterocycles. The molecule has 0 aliphatic carbocycles. The second kappa shape index (κ2) is 3.79. The third-order valence-electron chi connectivity index (χ3n) is 2.98. The van der Waals surface area contributed by atoms with Gasteiger partial charge in [0, 0.05) is 31.7 Å². The van der Waals surface area contributed by atoms with Crippen molar-refractivity contribution in [1.29, 1.82) is 0 Å². The number of hydrogen-bond donors (Lipinski definition) is 2. The van der Waals surface area contributed by atoms with E-state index >= 15 is 0 Å². The summed E-state index contributed by atoms with van der Waals surface area (Å²) in [6.45, 7) is 0.894. The number of likely N-dealkylation sites (N-methyl/N-ethyl adjacent to an activating group) is 1. The van der Waals surface area contributed by atoms with Crippen LogP contribution in [0.5, 0.6) is 0 Å². The summed E-state index contributed by atoms with van der Waals surface area (Å²) in [6, 6.07) is 4.67. The molecule has 2 atom stereocenters. The number of aliphatic hydroxyl groups excluding tert-OH is 1. The average molecular weight is 210 g/mol. The van der Waals surface area contributed by atoms with Crippen LogP contribution in [0.3, 0.4) is 0 Å². The van der Waals surface area contributed by atoms with Gasteiger partial charge >= 0.3 is 0 Å². The van der Waals surface area contributed by atoms with Crippen LogP contribution in [0.25, 0.3) is 0 Å². The van der Waals surface area contributed by atoms with Crippen LogP contribution >= 0.6 is 0 Å². The van der Waals surface area contributed by atoms with Crippen LogP contribution < -0.4 is 10.6 Å². The van der Waals surface area contributed by atoms with Crippen LogP contribution in [0.15, 0.2) is 18.2 Å². The Kier molecular flexibility index (Phi) is 2.63. The second-order valence-corrected chi connectivity index (χ2v) is 3.99. The molecule has 0 bridgehead atoms. The molecule has 2 unspecified atom stereocenters. The lowest BCUT2D eigenvalue weighted by Gasteiger charge is -2.17. The van der Waals surface area contributed by atoms with Gasteiger partial charge in [0.2, 0.25) is 0 Å². The van der Waals surface area contributed by atoms with E-state index in [4.69, 9.17) is 5.73 Å². The molecule has 0 spiro atoms. The van der Waals surface area contributed by atoms with Gasteiger partial charge in [-0.1, -0.05) is 0 Å². The molecule has 1 aliphatic rings. The van der Waals surface area contributed by atoms with E-state index in [2.05, 4.69) is 0 Å². The molecule has 1 aromatic carbocycles. The van der Waals surface area contributed by atoms with E-state index in [9.17, 15) is 9.50 Å². The quantitative estimate of drug-likeness (QED) is 0.754. The Hall–Kier alpha value is -1.13. The third-order valence-corrected chi connectivity index (χ3v) is 2.98. The van der Waals surface area contributed by atoms with Crippen molar-refractivity contribution in [2.24, 2.45) is 5.73 Å². The van der Waals surface area contributed by atoms with Crippen LogP contribution in [0, 0.1) is 5.82 Å². The number of benzene rings is 1. The molecular weight excluding hydrogens is 195 g/mol. The Morgan fingerprint density at radius 1 is 1.67 bits per heavy atom. The molecule has 0 saturated carbocycles. The second-order valence-electron chi connectivity index (χ2n) is 3.99. The van der Waals surface area contributed by atoms with Gasteiger partial charge in [-0.2, -0.15) is 0 Å². The Balaban J connectivity index is 2.39. The van der Waals surface area contributed by atoms with Crippen molar-refractivity contribution in [3.8, 4) is 0 Å². The van der Waals surface area contributed by atoms with Crippen molar-refractivity contribution in [1.82, 2.24) is 0 Å². The maximum Gasteiger partial charge on any atom is 0.123 e. The zero-order valence-electron chi connectivity index (χ0n) is 8.65. The van der Waals surface area contributed by atoms with Gasteiger partial charge in [-0.3, -0.25) is 0 Å². The molecule has 4 heteroatoms. The smallest absolute Gasteiger partial charge is 0.123 e. The largest absolute Gasteiger partial charge is 0.391 e. The molecule has 82 valence electrons. The van der Waals surface area contributed by atoms with E-state index < -0.39 is 6.10 Å². The van der Waals surface area contributed by atoms with E-state index in [-0.39, 0.29) is 18.3 Å². The van der Waals surface area contributed by atoms with E-state index in [1.54, 1.807) is 6.07 Å². The van der Waals surface area contributed by atoms with Gasteiger partial charge in [0.1, 0.15) is 5.82 Å². The summed E-state index contributed by atoms with van der Waals surface area (Å²) in [5.74, 6) is -0.344. The molecule has 1 heterocycles. The maximum absolute atomic E-state index is 13.1. The summed E-state index contributed by atoms with van der Waals surface area (Å²) in [5.41, 5.74) is 7.27. The number of aliphatic hydroxyl groups is 1. The first-order valence-corrected chi connectivity index (χ1v) is 5.02. The number of fused-ring (bicyclic) bond motifs is 1. The first-order chi connectivity index (χ1) is 7.13. The molecule has 0 fully saturated rings. The third kappa shape index (κ3) is 1.70. The van der Waals surface area contributed by atoms with Gasteiger partial charge in [-0.05, 0) is 23.8 Å². The van der Waals surface area contributed by atoms with Crippen LogP contribution in [0.1, 0.15) is 11.5 Å². The van der Waals surface area contributed by atoms with Crippen LogP contribution in [-0.4, -0.2) is 31.3 Å². The van der Waals surface area contributed by atoms with Crippen molar-refractivity contribution in [3.63, 3.8) is 0 Å². The highest BCUT2D eigenvalue weighted by Crippen LogP contribution is 2.37. The van der Waals surface area contributed by atoms with Crippen LogP contribution in [0.4, 0.5) is 10.1 Å². The lowest BCUT2D eigenvalue weighted by Crippen LogP contribution is -2.30. The zero-order valence-corrected chi connectivity index (χ0v) is 8.65. The van der Waals surface area contributed by atoms with Crippen molar-refractivity contribution < 1.29 is 9.50 Å². The molecule has 15 heavy (non-hydrogen) atoms. The Morgan fingerprint density at radius 3 is 3.07 bits per heavy atom. The lowest BCUT2D eigenvalue weighted by molar-refractivity contribution is 0.156. The number of rotatable bonds is 2. The van der Waals surface area contributed by atoms with Crippen molar-refractivity contribution in [3.05, 3.63) is 29.6 Å². The standard InChI is InChI=1S/C11H15FN2O/c1-14-6-9(11(15)5-13)8-4-7(12)2-3-10(8)14/h2-4,9,11,15H,5-6,13H2,1H3. The molecule has 2 rings (SSSR count). The molecule has 3 nitrogen and oxygen atoms in total. The van der Waals surface area contributed by atoms with Gasteiger partial charge < -0.3 is 15.7 Å². The Labute approximate surface area is 88.3 Å². The fourth-order valence-corrected chi connectivity index (χ4v) is 2.15. The topological polar surface area (TPSA) is 49.5 Å². The van der Waals surface area contributed by atoms with Gasteiger partial charge in [0.25, 0.3) is 0 Å². The minimum absolute atomic E-state index is 0.0781. The highest BCUT2D eigenvalue weighted by atomic mass is 19.1. The van der Waals surface area contributed by atoms with E-state index in [0.717, 1.165) is 11.3 Å². The first kappa shape index (κ1) is 10.4. The monoisotopic (exact) mass is 210 g/mol. The highest BCUT2D eigenvalue weighted by Gasteiger charge is 2.31. The molecule has 1 aromatic rings. The molecule has 0 saturated heterocycles. The van der Waals surface area contributed by atoms with Crippen LogP contribution in [-0.2, 0) is 0 Å². The fraction of sp³-hybridized carbons (Fsp3) is 0.455. The molecule has 0 amide bonds. The van der Waals surface area contributed by atoms with Crippen molar-refractivity contribution in [2.75, 3.05) is 25.0 Å². The summed E-state index contributed by atoms with van der Waals surface area (Å²) < 4.78 is 13.1. The lowest BCUT2D eigenvalue weighted by atomic mass is 9.95. The predicted molar refractivity (Wildman–Crippen MR) is 57.5 cm³/mol. The number of anilines is 1. The minimum atomic E-state index is -0.601. The van der Waals surface area contributed by atoms with Crippen molar-refractivity contribution >= 4 is 5.69 Å². The van der Waals surface area contributed by atoms with E-state index in [0.29, 0.717) is 6.54 Å². The van der Waals surface area contributed by atoms with Gasteiger partial charge in [0.05, 0.1) is 6.10 Å². The average Bonchev–Trinajstić information content (AvgIpc) is 2.54. The SMILES string of the molecule is CN1CC(C(O)CN)c2cc(F)ccc21. The van der Waals surface area contributed by atoms with E-state index in [1.807, 2.05) is 11.9 Å². The summed E-state index contributed by atoms with van der Waals surface area (Å²) >= 11 is 0. The minimum Gasteiger partial charge on any atom is -0.391 e. The number of hydrogen-bond acceptors (Lipinski definition) is 3. The normalized spacial score (nSPS) is 21.6. The number of nitrogens with two attached hydrogens (primary N) is 1. The molecule has 0 radical (unpaired) electrons. The summed E-state index contributed by atoms with van der Waals surface area (Å²) in [5, 5.41) is 9.74. The molecular formula is C11H15FN2O. The van der Waals surface area contributed by atoms with Gasteiger partial charge in [-0.15, -0.1) is 0 Å². The molecule has 1 aliphatic heterocycles.